The van der Waals surface area contributed by atoms with E-state index in [0.717, 1.165) is 0 Å². The molecule has 1 nitrogen and oxygen atoms in total. The van der Waals surface area contributed by atoms with Gasteiger partial charge in [0.15, 0.2) is 0 Å². The van der Waals surface area contributed by atoms with E-state index in [-0.39, 0.29) is 46.8 Å². The first-order valence-corrected chi connectivity index (χ1v) is 4.65. The fraction of sp³-hybridized carbons (Fsp3) is 1.00. The largest absolute Gasteiger partial charge is 1.00 e. The number of rotatable bonds is 3. The maximum atomic E-state index is 4.50. The van der Waals surface area contributed by atoms with Gasteiger partial charge in [-0.15, -0.1) is 0 Å². The molecule has 0 unspecified atom stereocenters. The van der Waals surface area contributed by atoms with E-state index in [4.69, 9.17) is 0 Å². The molecule has 0 aliphatic heterocycles. The van der Waals surface area contributed by atoms with Crippen LogP contribution >= 0.6 is 0 Å². The summed E-state index contributed by atoms with van der Waals surface area (Å²) in [5.41, 5.74) is 0. The molecule has 0 N–H and O–H groups in total. The molecule has 0 fully saturated rings. The van der Waals surface area contributed by atoms with Crippen molar-refractivity contribution in [2.24, 2.45) is 0 Å². The molecule has 4 heteroatoms. The minimum Gasteiger partial charge on any atom is -1.00 e. The first-order chi connectivity index (χ1) is 5.35. The van der Waals surface area contributed by atoms with Gasteiger partial charge in [-0.2, -0.15) is 0 Å². The molecule has 14 heavy (non-hydrogen) atoms. The van der Waals surface area contributed by atoms with Crippen LogP contribution in [0.3, 0.4) is 0 Å². The Balaban J connectivity index is -0.0000000145. The van der Waals surface area contributed by atoms with Gasteiger partial charge in [-0.1, -0.05) is 48.9 Å². The Kier molecular flexibility index (Phi) is 124. The second kappa shape index (κ2) is 48.0. The number of hydrogen-bond acceptors (Lipinski definition) is 1. The summed E-state index contributed by atoms with van der Waals surface area (Å²) in [5, 5.41) is 0. The van der Waals surface area contributed by atoms with Crippen LogP contribution in [0.15, 0.2) is 0 Å². The summed E-state index contributed by atoms with van der Waals surface area (Å²) < 4.78 is 0. The maximum Gasteiger partial charge on any atom is 1.00 e. The van der Waals surface area contributed by atoms with E-state index in [1.807, 2.05) is 13.8 Å². The van der Waals surface area contributed by atoms with Crippen molar-refractivity contribution in [3.8, 4) is 0 Å². The van der Waals surface area contributed by atoms with Crippen LogP contribution in [-0.4, -0.2) is 40.8 Å². The van der Waals surface area contributed by atoms with Crippen molar-refractivity contribution < 1.29 is 31.0 Å². The average Bonchev–Trinajstić information content (AvgIpc) is 2.14. The van der Waals surface area contributed by atoms with Crippen molar-refractivity contribution >= 4 is 16.3 Å². The van der Waals surface area contributed by atoms with Crippen molar-refractivity contribution in [1.82, 2.24) is 4.90 Å². The molecule has 0 aromatic carbocycles. The topological polar surface area (TPSA) is 3.24 Å². The summed E-state index contributed by atoms with van der Waals surface area (Å²) in [5.74, 6) is 0. The van der Waals surface area contributed by atoms with E-state index in [1.54, 1.807) is 0 Å². The minimum atomic E-state index is 0. The quantitative estimate of drug-likeness (QED) is 0.587. The second-order valence-electron chi connectivity index (χ2n) is 1.62. The van der Waals surface area contributed by atoms with Crippen molar-refractivity contribution in [2.75, 3.05) is 19.6 Å². The predicted octanol–water partition coefficient (Wildman–Crippen LogP) is -0.0509. The van der Waals surface area contributed by atoms with Gasteiger partial charge in [-0.05, 0) is 19.6 Å². The van der Waals surface area contributed by atoms with Crippen LogP contribution in [0, 0.1) is 0 Å². The monoisotopic (exact) mass is 208 g/mol. The Morgan fingerprint density at radius 1 is 0.929 bits per heavy atom. The molecule has 0 spiro atoms. The molecule has 0 amide bonds. The Bertz CT molecular complexity index is 44.9. The summed E-state index contributed by atoms with van der Waals surface area (Å²) >= 11 is 0. The molecule has 0 rings (SSSR count). The molecule has 0 atom stereocenters. The van der Waals surface area contributed by atoms with Gasteiger partial charge in [0.2, 0.25) is 0 Å². The molecule has 0 saturated heterocycles. The zero-order chi connectivity index (χ0) is 9.70. The van der Waals surface area contributed by atoms with E-state index < -0.39 is 0 Å². The van der Waals surface area contributed by atoms with Gasteiger partial charge in [0.1, 0.15) is 0 Å². The zero-order valence-electron chi connectivity index (χ0n) is 11.7. The Morgan fingerprint density at radius 3 is 1.07 bits per heavy atom. The predicted molar refractivity (Wildman–Crippen MR) is 70.0 cm³/mol. The smallest absolute Gasteiger partial charge is 1.00 e. The van der Waals surface area contributed by atoms with E-state index in [1.165, 1.54) is 26.5 Å². The van der Waals surface area contributed by atoms with Crippen LogP contribution in [0.25, 0.3) is 0 Å². The third-order valence-electron chi connectivity index (χ3n) is 1.34. The maximum absolute atomic E-state index is 4.50. The standard InChI is InChI=1S/C6H15N.C2H6.CH3B.CH4.B.Na.H/c1-4-7(5-2)6-3;2*1-2;;;;/h4-6H2,1-3H3;1-2H3;1H3;1H4;;;/q;;;;;+1;-1. The van der Waals surface area contributed by atoms with E-state index in [2.05, 4.69) is 33.5 Å². The molecule has 5 radical (unpaired) electrons. The van der Waals surface area contributed by atoms with Crippen molar-refractivity contribution in [3.05, 3.63) is 0 Å². The Labute approximate surface area is 120 Å². The van der Waals surface area contributed by atoms with Crippen LogP contribution in [0.2, 0.25) is 6.82 Å². The SMILES string of the molecule is C.CC.CCN(CC)CC.[B].[B]C.[H-].[Na+]. The molecule has 0 heterocycles. The van der Waals surface area contributed by atoms with Crippen LogP contribution in [0.5, 0.6) is 0 Å². The molecule has 0 aliphatic rings. The summed E-state index contributed by atoms with van der Waals surface area (Å²) in [6.45, 7) is 15.6. The second-order valence-corrected chi connectivity index (χ2v) is 1.62. The van der Waals surface area contributed by atoms with E-state index >= 15 is 0 Å². The van der Waals surface area contributed by atoms with Gasteiger partial charge in [-0.25, -0.2) is 0 Å². The molecule has 0 aromatic rings. The molecular weight excluding hydrogens is 179 g/mol. The summed E-state index contributed by atoms with van der Waals surface area (Å²) in [6, 6.07) is 0. The molecule has 0 bridgehead atoms. The summed E-state index contributed by atoms with van der Waals surface area (Å²) in [6.07, 6.45) is 0. The van der Waals surface area contributed by atoms with Crippen LogP contribution in [-0.2, 0) is 0 Å². The van der Waals surface area contributed by atoms with Crippen LogP contribution in [0.1, 0.15) is 43.5 Å². The van der Waals surface area contributed by atoms with Crippen molar-refractivity contribution in [1.29, 1.82) is 0 Å². The zero-order valence-corrected chi connectivity index (χ0v) is 12.7. The van der Waals surface area contributed by atoms with Crippen molar-refractivity contribution in [3.63, 3.8) is 0 Å². The van der Waals surface area contributed by atoms with Gasteiger partial charge in [0, 0.05) is 8.41 Å². The van der Waals surface area contributed by atoms with Crippen LogP contribution in [0.4, 0.5) is 0 Å². The Morgan fingerprint density at radius 2 is 1.07 bits per heavy atom. The number of nitrogens with zero attached hydrogens (tertiary/aromatic N) is 1. The van der Waals surface area contributed by atoms with Crippen LogP contribution < -0.4 is 29.6 Å². The molecule has 81 valence electrons. The average molecular weight is 208 g/mol. The molecule has 0 saturated carbocycles. The molecule has 0 aliphatic carbocycles. The first kappa shape index (κ1) is 36.3. The summed E-state index contributed by atoms with van der Waals surface area (Å²) in [7, 11) is 4.50. The fourth-order valence-corrected chi connectivity index (χ4v) is 0.671. The third kappa shape index (κ3) is 38.1. The van der Waals surface area contributed by atoms with Gasteiger partial charge in [0.25, 0.3) is 0 Å². The third-order valence-corrected chi connectivity index (χ3v) is 1.34. The normalized spacial score (nSPS) is 5.93. The van der Waals surface area contributed by atoms with Crippen molar-refractivity contribution in [2.45, 2.75) is 48.9 Å². The number of hydrogen-bond donors (Lipinski definition) is 0. The first-order valence-electron chi connectivity index (χ1n) is 4.65. The van der Waals surface area contributed by atoms with Gasteiger partial charge in [0.05, 0.1) is 7.85 Å². The van der Waals surface area contributed by atoms with Gasteiger partial charge >= 0.3 is 29.6 Å². The van der Waals surface area contributed by atoms with E-state index in [9.17, 15) is 0 Å². The Hall–Kier alpha value is 1.09. The molecular formula is C10H29B2NNa. The van der Waals surface area contributed by atoms with Gasteiger partial charge < -0.3 is 6.33 Å². The minimum absolute atomic E-state index is 0. The fourth-order valence-electron chi connectivity index (χ4n) is 0.671. The van der Waals surface area contributed by atoms with E-state index in [0.29, 0.717) is 0 Å². The summed E-state index contributed by atoms with van der Waals surface area (Å²) in [4.78, 5) is 2.38. The van der Waals surface area contributed by atoms with Gasteiger partial charge in [-0.3, -0.25) is 0 Å². The molecule has 0 aromatic heterocycles.